The van der Waals surface area contributed by atoms with E-state index in [9.17, 15) is 0 Å². The Morgan fingerprint density at radius 1 is 1.62 bits per heavy atom. The number of fused-ring (bicyclic) bond motifs is 1. The lowest BCUT2D eigenvalue weighted by Gasteiger charge is -2.16. The molecule has 1 aliphatic rings. The molecular formula is C10H15NO2. The number of aromatic nitrogens is 1. The molecule has 0 fully saturated rings. The summed E-state index contributed by atoms with van der Waals surface area (Å²) in [5.74, 6) is 2.27. The Hall–Kier alpha value is -0.830. The standard InChI is InChI=1S/C10H15NO2/c1-2-10-11-8-5-7(6-12)3-4-9(8)13-10/h7,12H,2-6H2,1H3. The minimum absolute atomic E-state index is 0.272. The Morgan fingerprint density at radius 3 is 3.15 bits per heavy atom. The van der Waals surface area contributed by atoms with Gasteiger partial charge in [0.25, 0.3) is 0 Å². The summed E-state index contributed by atoms with van der Waals surface area (Å²) in [4.78, 5) is 4.39. The Bertz CT molecular complexity index is 293. The van der Waals surface area contributed by atoms with Crippen molar-refractivity contribution in [2.75, 3.05) is 6.61 Å². The van der Waals surface area contributed by atoms with Crippen LogP contribution in [0.15, 0.2) is 4.42 Å². The number of hydrogen-bond donors (Lipinski definition) is 1. The van der Waals surface area contributed by atoms with Crippen molar-refractivity contribution in [3.8, 4) is 0 Å². The molecule has 0 spiro atoms. The van der Waals surface area contributed by atoms with Crippen LogP contribution in [-0.4, -0.2) is 16.7 Å². The lowest BCUT2D eigenvalue weighted by Crippen LogP contribution is -2.16. The first kappa shape index (κ1) is 8.75. The minimum Gasteiger partial charge on any atom is -0.445 e. The Morgan fingerprint density at radius 2 is 2.46 bits per heavy atom. The summed E-state index contributed by atoms with van der Waals surface area (Å²) < 4.78 is 5.56. The summed E-state index contributed by atoms with van der Waals surface area (Å²) in [6.45, 7) is 2.31. The second-order valence-electron chi connectivity index (χ2n) is 3.62. The third kappa shape index (κ3) is 1.61. The average Bonchev–Trinajstić information content (AvgIpc) is 2.58. The van der Waals surface area contributed by atoms with Gasteiger partial charge in [0.1, 0.15) is 5.76 Å². The van der Waals surface area contributed by atoms with Crippen LogP contribution in [-0.2, 0) is 19.3 Å². The monoisotopic (exact) mass is 181 g/mol. The van der Waals surface area contributed by atoms with E-state index in [0.29, 0.717) is 5.92 Å². The van der Waals surface area contributed by atoms with Crippen LogP contribution in [0.3, 0.4) is 0 Å². The predicted molar refractivity (Wildman–Crippen MR) is 48.5 cm³/mol. The van der Waals surface area contributed by atoms with Gasteiger partial charge in [0, 0.05) is 19.4 Å². The largest absolute Gasteiger partial charge is 0.445 e. The van der Waals surface area contributed by atoms with Gasteiger partial charge in [-0.15, -0.1) is 0 Å². The molecule has 1 N–H and O–H groups in total. The highest BCUT2D eigenvalue weighted by molar-refractivity contribution is 5.14. The van der Waals surface area contributed by atoms with E-state index in [1.165, 1.54) is 0 Å². The molecule has 0 amide bonds. The van der Waals surface area contributed by atoms with Crippen molar-refractivity contribution in [3.63, 3.8) is 0 Å². The maximum atomic E-state index is 9.02. The zero-order valence-corrected chi connectivity index (χ0v) is 7.92. The molecule has 3 heteroatoms. The van der Waals surface area contributed by atoms with Crippen LogP contribution in [0.25, 0.3) is 0 Å². The fourth-order valence-corrected chi connectivity index (χ4v) is 1.81. The molecule has 0 saturated carbocycles. The molecule has 0 saturated heterocycles. The summed E-state index contributed by atoms with van der Waals surface area (Å²) in [7, 11) is 0. The van der Waals surface area contributed by atoms with Crippen LogP contribution in [0.5, 0.6) is 0 Å². The summed E-state index contributed by atoms with van der Waals surface area (Å²) in [6, 6.07) is 0. The van der Waals surface area contributed by atoms with Crippen molar-refractivity contribution >= 4 is 0 Å². The van der Waals surface area contributed by atoms with E-state index in [4.69, 9.17) is 9.52 Å². The fraction of sp³-hybridized carbons (Fsp3) is 0.700. The van der Waals surface area contributed by atoms with Gasteiger partial charge in [-0.05, 0) is 18.8 Å². The molecule has 1 aliphatic carbocycles. The number of hydrogen-bond acceptors (Lipinski definition) is 3. The molecule has 0 radical (unpaired) electrons. The van der Waals surface area contributed by atoms with Crippen LogP contribution in [0, 0.1) is 5.92 Å². The van der Waals surface area contributed by atoms with Gasteiger partial charge in [0.15, 0.2) is 5.89 Å². The molecule has 3 nitrogen and oxygen atoms in total. The minimum atomic E-state index is 0.272. The van der Waals surface area contributed by atoms with Crippen molar-refractivity contribution in [2.24, 2.45) is 5.92 Å². The predicted octanol–water partition coefficient (Wildman–Crippen LogP) is 1.33. The van der Waals surface area contributed by atoms with Crippen molar-refractivity contribution < 1.29 is 9.52 Å². The van der Waals surface area contributed by atoms with Crippen LogP contribution < -0.4 is 0 Å². The van der Waals surface area contributed by atoms with E-state index in [2.05, 4.69) is 4.98 Å². The molecule has 0 aromatic carbocycles. The zero-order valence-electron chi connectivity index (χ0n) is 7.92. The molecule has 1 unspecified atom stereocenters. The van der Waals surface area contributed by atoms with Crippen LogP contribution in [0.4, 0.5) is 0 Å². The molecule has 1 aromatic heterocycles. The second kappa shape index (κ2) is 3.50. The van der Waals surface area contributed by atoms with E-state index in [0.717, 1.165) is 43.0 Å². The van der Waals surface area contributed by atoms with Gasteiger partial charge >= 0.3 is 0 Å². The van der Waals surface area contributed by atoms with Crippen LogP contribution in [0.1, 0.15) is 30.7 Å². The number of aryl methyl sites for hydroxylation is 2. The number of rotatable bonds is 2. The third-order valence-corrected chi connectivity index (χ3v) is 2.64. The van der Waals surface area contributed by atoms with Gasteiger partial charge in [0.2, 0.25) is 0 Å². The van der Waals surface area contributed by atoms with E-state index < -0.39 is 0 Å². The van der Waals surface area contributed by atoms with Gasteiger partial charge in [0.05, 0.1) is 5.69 Å². The SMILES string of the molecule is CCc1nc2c(o1)CCC(CO)C2. The molecular weight excluding hydrogens is 166 g/mol. The topological polar surface area (TPSA) is 46.3 Å². The number of nitrogens with zero attached hydrogens (tertiary/aromatic N) is 1. The first-order chi connectivity index (χ1) is 6.33. The molecule has 1 heterocycles. The Labute approximate surface area is 77.8 Å². The van der Waals surface area contributed by atoms with Crippen LogP contribution in [0.2, 0.25) is 0 Å². The summed E-state index contributed by atoms with van der Waals surface area (Å²) in [5.41, 5.74) is 1.07. The number of aliphatic hydroxyl groups excluding tert-OH is 1. The normalized spacial score (nSPS) is 21.5. The fourth-order valence-electron chi connectivity index (χ4n) is 1.81. The number of aliphatic hydroxyl groups is 1. The van der Waals surface area contributed by atoms with Crippen molar-refractivity contribution in [3.05, 3.63) is 17.3 Å². The maximum absolute atomic E-state index is 9.02. The van der Waals surface area contributed by atoms with Gasteiger partial charge in [-0.2, -0.15) is 0 Å². The first-order valence-corrected chi connectivity index (χ1v) is 4.91. The van der Waals surface area contributed by atoms with E-state index in [1.54, 1.807) is 0 Å². The smallest absolute Gasteiger partial charge is 0.194 e. The van der Waals surface area contributed by atoms with Gasteiger partial charge in [-0.25, -0.2) is 4.98 Å². The first-order valence-electron chi connectivity index (χ1n) is 4.91. The van der Waals surface area contributed by atoms with E-state index in [1.807, 2.05) is 6.92 Å². The van der Waals surface area contributed by atoms with E-state index >= 15 is 0 Å². The van der Waals surface area contributed by atoms with Gasteiger partial charge in [-0.1, -0.05) is 6.92 Å². The molecule has 13 heavy (non-hydrogen) atoms. The van der Waals surface area contributed by atoms with Gasteiger partial charge < -0.3 is 9.52 Å². The quantitative estimate of drug-likeness (QED) is 0.748. The molecule has 0 aliphatic heterocycles. The molecule has 72 valence electrons. The van der Waals surface area contributed by atoms with E-state index in [-0.39, 0.29) is 6.61 Å². The highest BCUT2D eigenvalue weighted by Gasteiger charge is 2.22. The zero-order chi connectivity index (χ0) is 9.26. The number of oxazole rings is 1. The third-order valence-electron chi connectivity index (χ3n) is 2.64. The van der Waals surface area contributed by atoms with Crippen molar-refractivity contribution in [1.29, 1.82) is 0 Å². The lowest BCUT2D eigenvalue weighted by atomic mass is 9.91. The second-order valence-corrected chi connectivity index (χ2v) is 3.62. The Kier molecular flexibility index (Phi) is 2.36. The molecule has 2 rings (SSSR count). The lowest BCUT2D eigenvalue weighted by molar-refractivity contribution is 0.208. The summed E-state index contributed by atoms with van der Waals surface area (Å²) in [5, 5.41) is 9.02. The molecule has 1 atom stereocenters. The van der Waals surface area contributed by atoms with Crippen molar-refractivity contribution in [1.82, 2.24) is 4.98 Å². The summed E-state index contributed by atoms with van der Waals surface area (Å²) in [6.07, 6.45) is 3.71. The summed E-state index contributed by atoms with van der Waals surface area (Å²) >= 11 is 0. The van der Waals surface area contributed by atoms with Crippen molar-refractivity contribution in [2.45, 2.75) is 32.6 Å². The molecule has 1 aromatic rings. The van der Waals surface area contributed by atoms with Gasteiger partial charge in [-0.3, -0.25) is 0 Å². The molecule has 0 bridgehead atoms. The maximum Gasteiger partial charge on any atom is 0.194 e. The Balaban J connectivity index is 2.19. The average molecular weight is 181 g/mol. The highest BCUT2D eigenvalue weighted by atomic mass is 16.4. The van der Waals surface area contributed by atoms with Crippen LogP contribution >= 0.6 is 0 Å². The highest BCUT2D eigenvalue weighted by Crippen LogP contribution is 2.25.